The van der Waals surface area contributed by atoms with Gasteiger partial charge in [-0.2, -0.15) is 0 Å². The van der Waals surface area contributed by atoms with Gasteiger partial charge in [0.05, 0.1) is 9.40 Å². The van der Waals surface area contributed by atoms with Crippen molar-refractivity contribution in [3.8, 4) is 5.75 Å². The summed E-state index contributed by atoms with van der Waals surface area (Å²) in [6.45, 7) is 0. The van der Waals surface area contributed by atoms with Crippen molar-refractivity contribution in [2.45, 2.75) is 23.5 Å². The van der Waals surface area contributed by atoms with Crippen LogP contribution >= 0.6 is 43.5 Å². The zero-order valence-electron chi connectivity index (χ0n) is 9.81. The molecule has 0 radical (unpaired) electrons. The van der Waals surface area contributed by atoms with Gasteiger partial charge in [0, 0.05) is 29.4 Å². The van der Waals surface area contributed by atoms with Crippen molar-refractivity contribution >= 4 is 49.1 Å². The molecule has 0 heterocycles. The molecule has 0 spiro atoms. The van der Waals surface area contributed by atoms with Crippen LogP contribution in [0.4, 0.5) is 5.69 Å². The summed E-state index contributed by atoms with van der Waals surface area (Å²) < 4.78 is 11.4. The molecule has 0 aromatic heterocycles. The van der Waals surface area contributed by atoms with Gasteiger partial charge in [0.25, 0.3) is 0 Å². The third-order valence-electron chi connectivity index (χ3n) is 2.91. The van der Waals surface area contributed by atoms with Crippen LogP contribution in [0, 0.1) is 10.1 Å². The molecule has 1 saturated carbocycles. The van der Waals surface area contributed by atoms with E-state index >= 15 is 0 Å². The second-order valence-electron chi connectivity index (χ2n) is 4.10. The van der Waals surface area contributed by atoms with Crippen molar-refractivity contribution in [3.05, 3.63) is 31.7 Å². The first-order valence-electron chi connectivity index (χ1n) is 5.41. The molecule has 0 bridgehead atoms. The number of methoxy groups -OCH3 is 1. The Kier molecular flexibility index (Phi) is 4.70. The fourth-order valence-electron chi connectivity index (χ4n) is 1.89. The lowest BCUT2D eigenvalue weighted by Gasteiger charge is -2.40. The first-order chi connectivity index (χ1) is 8.93. The van der Waals surface area contributed by atoms with Gasteiger partial charge in [-0.15, -0.1) is 0 Å². The van der Waals surface area contributed by atoms with Crippen LogP contribution in [0.2, 0.25) is 5.02 Å². The number of alkyl halides is 1. The van der Waals surface area contributed by atoms with Gasteiger partial charge < -0.3 is 9.47 Å². The number of benzene rings is 1. The fraction of sp³-hybridized carbons (Fsp3) is 0.455. The number of nitro groups is 1. The van der Waals surface area contributed by atoms with Gasteiger partial charge in [-0.1, -0.05) is 27.5 Å². The van der Waals surface area contributed by atoms with E-state index in [1.807, 2.05) is 0 Å². The van der Waals surface area contributed by atoms with E-state index in [0.29, 0.717) is 4.47 Å². The van der Waals surface area contributed by atoms with Gasteiger partial charge in [0.2, 0.25) is 5.75 Å². The summed E-state index contributed by atoms with van der Waals surface area (Å²) in [5.41, 5.74) is -0.160. The van der Waals surface area contributed by atoms with Crippen molar-refractivity contribution in [3.63, 3.8) is 0 Å². The van der Waals surface area contributed by atoms with E-state index < -0.39 is 4.92 Å². The summed E-state index contributed by atoms with van der Waals surface area (Å²) in [4.78, 5) is 10.7. The van der Waals surface area contributed by atoms with Crippen LogP contribution in [-0.4, -0.2) is 29.1 Å². The van der Waals surface area contributed by atoms with E-state index in [4.69, 9.17) is 21.1 Å². The lowest BCUT2D eigenvalue weighted by Crippen LogP contribution is -2.51. The van der Waals surface area contributed by atoms with Crippen LogP contribution < -0.4 is 4.74 Å². The van der Waals surface area contributed by atoms with Crippen molar-refractivity contribution in [2.24, 2.45) is 0 Å². The summed E-state index contributed by atoms with van der Waals surface area (Å²) in [5.74, 6) is 0.181. The van der Waals surface area contributed by atoms with E-state index in [0.717, 1.165) is 6.42 Å². The highest BCUT2D eigenvalue weighted by Crippen LogP contribution is 2.42. The number of nitrogens with zero attached hydrogens (tertiary/aromatic N) is 1. The standard InChI is InChI=1S/C11H10Br2ClNO4/c1-18-11-7(13)4-9(11)19-10-6(12)2-5(14)3-8(10)15(16)17/h2-3,7,9,11H,4H2,1H3. The molecule has 0 aliphatic heterocycles. The highest BCUT2D eigenvalue weighted by molar-refractivity contribution is 9.10. The molecule has 0 N–H and O–H groups in total. The number of rotatable bonds is 4. The van der Waals surface area contributed by atoms with Crippen molar-refractivity contribution in [1.82, 2.24) is 0 Å². The Balaban J connectivity index is 2.27. The molecule has 19 heavy (non-hydrogen) atoms. The lowest BCUT2D eigenvalue weighted by atomic mass is 9.91. The Hall–Kier alpha value is -0.370. The molecule has 3 atom stereocenters. The SMILES string of the molecule is COC1C(Br)CC1Oc1c(Br)cc(Cl)cc1[N+](=O)[O-]. The third-order valence-corrected chi connectivity index (χ3v) is 4.61. The zero-order chi connectivity index (χ0) is 14.2. The van der Waals surface area contributed by atoms with Crippen molar-refractivity contribution in [2.75, 3.05) is 7.11 Å². The van der Waals surface area contributed by atoms with Gasteiger partial charge in [-0.3, -0.25) is 10.1 Å². The maximum absolute atomic E-state index is 11.0. The third kappa shape index (κ3) is 3.04. The molecule has 104 valence electrons. The molecule has 0 saturated heterocycles. The Bertz CT molecular complexity index is 514. The smallest absolute Gasteiger partial charge is 0.313 e. The van der Waals surface area contributed by atoms with Gasteiger partial charge in [-0.05, 0) is 22.0 Å². The summed E-state index contributed by atoms with van der Waals surface area (Å²) in [5, 5.41) is 11.3. The summed E-state index contributed by atoms with van der Waals surface area (Å²) in [7, 11) is 1.58. The Morgan fingerprint density at radius 1 is 1.53 bits per heavy atom. The molecule has 1 aromatic carbocycles. The summed E-state index contributed by atoms with van der Waals surface area (Å²) in [6.07, 6.45) is 0.387. The quantitative estimate of drug-likeness (QED) is 0.425. The molecule has 2 rings (SSSR count). The van der Waals surface area contributed by atoms with Crippen LogP contribution in [0.5, 0.6) is 5.75 Å². The second-order valence-corrected chi connectivity index (χ2v) is 6.57. The average molecular weight is 415 g/mol. The highest BCUT2D eigenvalue weighted by Gasteiger charge is 2.43. The van der Waals surface area contributed by atoms with Crippen LogP contribution in [0.25, 0.3) is 0 Å². The first kappa shape index (κ1) is 15.0. The van der Waals surface area contributed by atoms with E-state index in [2.05, 4.69) is 31.9 Å². The maximum atomic E-state index is 11.0. The lowest BCUT2D eigenvalue weighted by molar-refractivity contribution is -0.386. The van der Waals surface area contributed by atoms with E-state index in [-0.39, 0.29) is 33.5 Å². The fourth-order valence-corrected chi connectivity index (χ4v) is 3.70. The average Bonchev–Trinajstić information content (AvgIpc) is 2.30. The van der Waals surface area contributed by atoms with E-state index in [9.17, 15) is 10.1 Å². The van der Waals surface area contributed by atoms with E-state index in [1.54, 1.807) is 13.2 Å². The minimum absolute atomic E-state index is 0.123. The molecule has 1 aliphatic rings. The van der Waals surface area contributed by atoms with Crippen LogP contribution in [0.1, 0.15) is 6.42 Å². The Morgan fingerprint density at radius 3 is 2.74 bits per heavy atom. The molecular formula is C11H10Br2ClNO4. The predicted molar refractivity (Wildman–Crippen MR) is 78.4 cm³/mol. The zero-order valence-corrected chi connectivity index (χ0v) is 13.7. The Labute approximate surface area is 131 Å². The summed E-state index contributed by atoms with van der Waals surface area (Å²) >= 11 is 12.5. The highest BCUT2D eigenvalue weighted by atomic mass is 79.9. The van der Waals surface area contributed by atoms with Crippen LogP contribution in [-0.2, 0) is 4.74 Å². The number of halogens is 3. The Morgan fingerprint density at radius 2 is 2.21 bits per heavy atom. The van der Waals surface area contributed by atoms with Crippen LogP contribution in [0.15, 0.2) is 16.6 Å². The van der Waals surface area contributed by atoms with Crippen LogP contribution in [0.3, 0.4) is 0 Å². The number of hydrogen-bond acceptors (Lipinski definition) is 4. The minimum atomic E-state index is -0.516. The van der Waals surface area contributed by atoms with Gasteiger partial charge in [-0.25, -0.2) is 0 Å². The normalized spacial score (nSPS) is 25.8. The molecular weight excluding hydrogens is 405 g/mol. The molecule has 1 aliphatic carbocycles. The van der Waals surface area contributed by atoms with Crippen molar-refractivity contribution in [1.29, 1.82) is 0 Å². The minimum Gasteiger partial charge on any atom is -0.480 e. The second kappa shape index (κ2) is 5.95. The molecule has 3 unspecified atom stereocenters. The number of hydrogen-bond donors (Lipinski definition) is 0. The van der Waals surface area contributed by atoms with Gasteiger partial charge in [0.15, 0.2) is 0 Å². The van der Waals surface area contributed by atoms with Gasteiger partial charge in [0.1, 0.15) is 12.2 Å². The molecule has 5 nitrogen and oxygen atoms in total. The molecule has 1 aromatic rings. The molecule has 1 fully saturated rings. The predicted octanol–water partition coefficient (Wildman–Crippen LogP) is 3.94. The monoisotopic (exact) mass is 413 g/mol. The number of nitro benzene ring substituents is 1. The molecule has 8 heteroatoms. The summed E-state index contributed by atoms with van der Waals surface area (Å²) in [6, 6.07) is 2.84. The van der Waals surface area contributed by atoms with Crippen molar-refractivity contribution < 1.29 is 14.4 Å². The number of ether oxygens (including phenoxy) is 2. The topological polar surface area (TPSA) is 61.6 Å². The maximum Gasteiger partial charge on any atom is 0.313 e. The first-order valence-corrected chi connectivity index (χ1v) is 7.49. The van der Waals surface area contributed by atoms with Gasteiger partial charge >= 0.3 is 5.69 Å². The molecule has 0 amide bonds. The van der Waals surface area contributed by atoms with E-state index in [1.165, 1.54) is 6.07 Å². The largest absolute Gasteiger partial charge is 0.480 e.